The molecule has 0 aliphatic rings. The summed E-state index contributed by atoms with van der Waals surface area (Å²) in [5.74, 6) is 0.882. The van der Waals surface area contributed by atoms with Crippen LogP contribution in [0.3, 0.4) is 0 Å². The van der Waals surface area contributed by atoms with Gasteiger partial charge in [0.1, 0.15) is 0 Å². The number of nitrogens with zero attached hydrogens (tertiary/aromatic N) is 2. The van der Waals surface area contributed by atoms with E-state index in [0.717, 1.165) is 44.9 Å². The van der Waals surface area contributed by atoms with E-state index in [1.165, 1.54) is 11.3 Å². The van der Waals surface area contributed by atoms with Gasteiger partial charge in [0.15, 0.2) is 5.96 Å². The minimum absolute atomic E-state index is 0.882. The third kappa shape index (κ3) is 7.29. The van der Waals surface area contributed by atoms with Gasteiger partial charge in [-0.05, 0) is 37.0 Å². The Morgan fingerprint density at radius 3 is 2.20 bits per heavy atom. The average Bonchev–Trinajstić information content (AvgIpc) is 2.67. The van der Waals surface area contributed by atoms with Gasteiger partial charge >= 0.3 is 0 Å². The van der Waals surface area contributed by atoms with Crippen molar-refractivity contribution in [2.24, 2.45) is 4.99 Å². The monoisotopic (exact) mass is 338 g/mol. The normalized spacial score (nSPS) is 11.2. The summed E-state index contributed by atoms with van der Waals surface area (Å²) in [7, 11) is 3.97. The van der Waals surface area contributed by atoms with Crippen LogP contribution >= 0.6 is 0 Å². The summed E-state index contributed by atoms with van der Waals surface area (Å²) < 4.78 is 0. The summed E-state index contributed by atoms with van der Waals surface area (Å²) in [5.41, 5.74) is 2.61. The highest BCUT2D eigenvalue weighted by Gasteiger charge is 2.00. The number of hydrogen-bond acceptors (Lipinski definition) is 2. The number of guanidine groups is 1. The van der Waals surface area contributed by atoms with E-state index < -0.39 is 0 Å². The second kappa shape index (κ2) is 11.1. The summed E-state index contributed by atoms with van der Waals surface area (Å²) in [6.07, 6.45) is 3.28. The Morgan fingerprint density at radius 1 is 0.880 bits per heavy atom. The molecule has 2 rings (SSSR count). The van der Waals surface area contributed by atoms with E-state index in [-0.39, 0.29) is 0 Å². The largest absolute Gasteiger partial charge is 0.375 e. The number of hydrogen-bond donors (Lipinski definition) is 2. The first-order chi connectivity index (χ1) is 12.3. The lowest BCUT2D eigenvalue weighted by Gasteiger charge is -2.19. The number of aliphatic imine (C=N–C) groups is 1. The topological polar surface area (TPSA) is 39.7 Å². The summed E-state index contributed by atoms with van der Waals surface area (Å²) >= 11 is 0. The molecule has 0 aliphatic heterocycles. The van der Waals surface area contributed by atoms with Crippen LogP contribution in [0, 0.1) is 0 Å². The van der Waals surface area contributed by atoms with Gasteiger partial charge in [-0.15, -0.1) is 0 Å². The van der Waals surface area contributed by atoms with E-state index in [0.29, 0.717) is 0 Å². The van der Waals surface area contributed by atoms with Crippen molar-refractivity contribution in [1.82, 2.24) is 10.6 Å². The van der Waals surface area contributed by atoms with Crippen molar-refractivity contribution in [2.45, 2.75) is 19.3 Å². The molecule has 0 amide bonds. The third-order valence-corrected chi connectivity index (χ3v) is 4.18. The van der Waals surface area contributed by atoms with E-state index in [1.807, 2.05) is 13.1 Å². The van der Waals surface area contributed by atoms with Crippen LogP contribution in [0.25, 0.3) is 0 Å². The van der Waals surface area contributed by atoms with E-state index in [9.17, 15) is 0 Å². The first-order valence-electron chi connectivity index (χ1n) is 9.04. The predicted molar refractivity (Wildman–Crippen MR) is 108 cm³/mol. The average molecular weight is 338 g/mol. The number of para-hydroxylation sites is 1. The number of nitrogens with one attached hydrogen (secondary N) is 2. The molecule has 0 spiro atoms. The van der Waals surface area contributed by atoms with Crippen LogP contribution < -0.4 is 15.5 Å². The number of rotatable bonds is 9. The fourth-order valence-corrected chi connectivity index (χ4v) is 2.68. The van der Waals surface area contributed by atoms with Gasteiger partial charge in [-0.25, -0.2) is 0 Å². The van der Waals surface area contributed by atoms with Crippen molar-refractivity contribution >= 4 is 11.6 Å². The first-order valence-corrected chi connectivity index (χ1v) is 9.04. The van der Waals surface area contributed by atoms with Crippen LogP contribution in [0.4, 0.5) is 5.69 Å². The summed E-state index contributed by atoms with van der Waals surface area (Å²) in [4.78, 5) is 6.58. The predicted octanol–water partition coefficient (Wildman–Crippen LogP) is 3.31. The lowest BCUT2D eigenvalue weighted by molar-refractivity contribution is 0.686. The number of anilines is 1. The zero-order valence-corrected chi connectivity index (χ0v) is 15.4. The molecule has 0 radical (unpaired) electrons. The highest BCUT2D eigenvalue weighted by molar-refractivity contribution is 5.79. The van der Waals surface area contributed by atoms with E-state index >= 15 is 0 Å². The lowest BCUT2D eigenvalue weighted by atomic mass is 10.1. The molecule has 0 heterocycles. The Bertz CT molecular complexity index is 610. The summed E-state index contributed by atoms with van der Waals surface area (Å²) in [6, 6.07) is 21.0. The SMILES string of the molecule is CN=C(NCCCCN(C)c1ccccc1)NCCc1ccccc1. The summed E-state index contributed by atoms with van der Waals surface area (Å²) in [5, 5.41) is 6.76. The lowest BCUT2D eigenvalue weighted by Crippen LogP contribution is -2.38. The van der Waals surface area contributed by atoms with Gasteiger partial charge in [0.25, 0.3) is 0 Å². The minimum Gasteiger partial charge on any atom is -0.375 e. The Balaban J connectivity index is 1.56. The second-order valence-corrected chi connectivity index (χ2v) is 6.13. The molecule has 0 unspecified atom stereocenters. The Morgan fingerprint density at radius 2 is 1.52 bits per heavy atom. The fraction of sp³-hybridized carbons (Fsp3) is 0.381. The van der Waals surface area contributed by atoms with Crippen LogP contribution in [0.5, 0.6) is 0 Å². The maximum atomic E-state index is 4.28. The number of benzene rings is 2. The smallest absolute Gasteiger partial charge is 0.190 e. The molecule has 2 aromatic carbocycles. The van der Waals surface area contributed by atoms with Crippen LogP contribution in [-0.2, 0) is 6.42 Å². The molecule has 0 saturated carbocycles. The first kappa shape index (κ1) is 18.8. The van der Waals surface area contributed by atoms with Crippen LogP contribution in [-0.4, -0.2) is 39.7 Å². The van der Waals surface area contributed by atoms with E-state index in [2.05, 4.69) is 82.2 Å². The second-order valence-electron chi connectivity index (χ2n) is 6.13. The van der Waals surface area contributed by atoms with Crippen molar-refractivity contribution in [3.63, 3.8) is 0 Å². The molecule has 2 aromatic rings. The summed E-state index contributed by atoms with van der Waals surface area (Å²) in [6.45, 7) is 2.89. The molecule has 0 atom stereocenters. The van der Waals surface area contributed by atoms with Gasteiger partial charge in [-0.1, -0.05) is 48.5 Å². The van der Waals surface area contributed by atoms with Gasteiger partial charge in [-0.3, -0.25) is 4.99 Å². The maximum absolute atomic E-state index is 4.28. The van der Waals surface area contributed by atoms with Crippen molar-refractivity contribution < 1.29 is 0 Å². The quantitative estimate of drug-likeness (QED) is 0.419. The van der Waals surface area contributed by atoms with Gasteiger partial charge in [0.2, 0.25) is 0 Å². The standard InChI is InChI=1S/C21H30N4/c1-22-21(24-17-15-19-11-5-3-6-12-19)23-16-9-10-18-25(2)20-13-7-4-8-14-20/h3-8,11-14H,9-10,15-18H2,1-2H3,(H2,22,23,24). The van der Waals surface area contributed by atoms with Gasteiger partial charge in [-0.2, -0.15) is 0 Å². The minimum atomic E-state index is 0.882. The molecular formula is C21H30N4. The van der Waals surface area contributed by atoms with E-state index in [1.54, 1.807) is 0 Å². The Labute approximate surface area is 152 Å². The zero-order chi connectivity index (χ0) is 17.7. The molecule has 0 fully saturated rings. The molecule has 25 heavy (non-hydrogen) atoms. The van der Waals surface area contributed by atoms with Crippen molar-refractivity contribution in [3.8, 4) is 0 Å². The molecule has 0 aromatic heterocycles. The molecule has 0 saturated heterocycles. The van der Waals surface area contributed by atoms with Crippen molar-refractivity contribution in [1.29, 1.82) is 0 Å². The maximum Gasteiger partial charge on any atom is 0.190 e. The van der Waals surface area contributed by atoms with Crippen LogP contribution in [0.15, 0.2) is 65.7 Å². The highest BCUT2D eigenvalue weighted by atomic mass is 15.2. The molecule has 0 bridgehead atoms. The van der Waals surface area contributed by atoms with Crippen molar-refractivity contribution in [3.05, 3.63) is 66.2 Å². The molecule has 2 N–H and O–H groups in total. The molecular weight excluding hydrogens is 308 g/mol. The van der Waals surface area contributed by atoms with Gasteiger partial charge in [0.05, 0.1) is 0 Å². The van der Waals surface area contributed by atoms with Crippen LogP contribution in [0.2, 0.25) is 0 Å². The molecule has 0 aliphatic carbocycles. The zero-order valence-electron chi connectivity index (χ0n) is 15.4. The van der Waals surface area contributed by atoms with Gasteiger partial charge in [0, 0.05) is 39.4 Å². The Hall–Kier alpha value is -2.49. The van der Waals surface area contributed by atoms with Crippen LogP contribution in [0.1, 0.15) is 18.4 Å². The number of unbranched alkanes of at least 4 members (excludes halogenated alkanes) is 1. The van der Waals surface area contributed by atoms with Gasteiger partial charge < -0.3 is 15.5 Å². The molecule has 4 nitrogen and oxygen atoms in total. The van der Waals surface area contributed by atoms with Crippen molar-refractivity contribution in [2.75, 3.05) is 38.6 Å². The van der Waals surface area contributed by atoms with E-state index in [4.69, 9.17) is 0 Å². The fourth-order valence-electron chi connectivity index (χ4n) is 2.68. The third-order valence-electron chi connectivity index (χ3n) is 4.18. The molecule has 134 valence electrons. The Kier molecular flexibility index (Phi) is 8.39. The molecule has 4 heteroatoms. The highest BCUT2D eigenvalue weighted by Crippen LogP contribution is 2.11.